The van der Waals surface area contributed by atoms with Crippen molar-refractivity contribution in [1.29, 1.82) is 0 Å². The first-order valence-electron chi connectivity index (χ1n) is 7.03. The van der Waals surface area contributed by atoms with Crippen molar-refractivity contribution in [3.05, 3.63) is 36.3 Å². The maximum absolute atomic E-state index is 11.9. The highest BCUT2D eigenvalue weighted by Crippen LogP contribution is 2.33. The minimum absolute atomic E-state index is 0.184. The Morgan fingerprint density at radius 1 is 1.33 bits per heavy atom. The van der Waals surface area contributed by atoms with Crippen molar-refractivity contribution in [3.63, 3.8) is 0 Å². The van der Waals surface area contributed by atoms with Crippen LogP contribution in [0.3, 0.4) is 0 Å². The average molecular weight is 287 g/mol. The number of aromatic nitrogens is 2. The van der Waals surface area contributed by atoms with Crippen molar-refractivity contribution in [2.24, 2.45) is 5.92 Å². The van der Waals surface area contributed by atoms with Crippen LogP contribution in [0.25, 0.3) is 5.65 Å². The Balaban J connectivity index is 1.96. The molecule has 1 amide bonds. The molecule has 2 aromatic rings. The Labute approximate surface area is 122 Å². The predicted octanol–water partition coefficient (Wildman–Crippen LogP) is 1.72. The molecule has 1 N–H and O–H groups in total. The summed E-state index contributed by atoms with van der Waals surface area (Å²) in [5, 5.41) is 9.02. The number of amides is 1. The molecule has 0 aliphatic carbocycles. The highest BCUT2D eigenvalue weighted by molar-refractivity contribution is 6.31. The molecule has 1 fully saturated rings. The first-order valence-corrected chi connectivity index (χ1v) is 7.03. The van der Waals surface area contributed by atoms with Crippen LogP contribution in [0.2, 0.25) is 0 Å². The van der Waals surface area contributed by atoms with Crippen molar-refractivity contribution in [2.75, 3.05) is 6.54 Å². The molecule has 0 saturated carbocycles. The maximum Gasteiger partial charge on any atom is 0.394 e. The van der Waals surface area contributed by atoms with Gasteiger partial charge in [-0.2, -0.15) is 0 Å². The zero-order valence-electron chi connectivity index (χ0n) is 11.8. The smallest absolute Gasteiger partial charge is 0.394 e. The van der Waals surface area contributed by atoms with Crippen LogP contribution in [0.15, 0.2) is 30.7 Å². The lowest BCUT2D eigenvalue weighted by Gasteiger charge is -2.38. The third-order valence-electron chi connectivity index (χ3n) is 4.06. The van der Waals surface area contributed by atoms with E-state index in [1.807, 2.05) is 35.9 Å². The molecule has 110 valence electrons. The van der Waals surface area contributed by atoms with Crippen LogP contribution in [0.1, 0.15) is 31.4 Å². The van der Waals surface area contributed by atoms with Crippen molar-refractivity contribution in [3.8, 4) is 0 Å². The van der Waals surface area contributed by atoms with E-state index in [9.17, 15) is 9.59 Å². The zero-order chi connectivity index (χ0) is 15.0. The molecule has 1 aliphatic heterocycles. The molecule has 2 unspecified atom stereocenters. The Hall–Kier alpha value is -2.37. The number of carbonyl (C=O) groups is 2. The third-order valence-corrected chi connectivity index (χ3v) is 4.06. The minimum Gasteiger partial charge on any atom is -0.474 e. The van der Waals surface area contributed by atoms with Crippen molar-refractivity contribution in [2.45, 2.75) is 25.8 Å². The standard InChI is InChI=1S/C15H17N3O3/c1-10-2-4-12(18(8-10)14(19)15(20)21)11-3-5-13-16-6-7-17(13)9-11/h3,5-7,9-10,12H,2,4,8H2,1H3,(H,20,21). The van der Waals surface area contributed by atoms with Crippen LogP contribution in [-0.4, -0.2) is 37.8 Å². The van der Waals surface area contributed by atoms with Gasteiger partial charge in [0.15, 0.2) is 0 Å². The second-order valence-corrected chi connectivity index (χ2v) is 5.62. The Morgan fingerprint density at radius 3 is 2.90 bits per heavy atom. The summed E-state index contributed by atoms with van der Waals surface area (Å²) in [6.07, 6.45) is 7.23. The van der Waals surface area contributed by atoms with Gasteiger partial charge in [0.2, 0.25) is 0 Å². The summed E-state index contributed by atoms with van der Waals surface area (Å²) in [4.78, 5) is 28.7. The lowest BCUT2D eigenvalue weighted by atomic mass is 9.90. The van der Waals surface area contributed by atoms with Crippen molar-refractivity contribution >= 4 is 17.5 Å². The number of aliphatic carboxylic acids is 1. The molecule has 3 rings (SSSR count). The number of pyridine rings is 1. The van der Waals surface area contributed by atoms with Crippen LogP contribution in [0.4, 0.5) is 0 Å². The SMILES string of the molecule is CC1CCC(c2ccc3nccn3c2)N(C(=O)C(=O)O)C1. The van der Waals surface area contributed by atoms with E-state index >= 15 is 0 Å². The number of carboxylic acids is 1. The van der Waals surface area contributed by atoms with Crippen LogP contribution in [0.5, 0.6) is 0 Å². The summed E-state index contributed by atoms with van der Waals surface area (Å²) in [5.41, 5.74) is 1.78. The van der Waals surface area contributed by atoms with Gasteiger partial charge >= 0.3 is 11.9 Å². The number of likely N-dealkylation sites (tertiary alicyclic amines) is 1. The minimum atomic E-state index is -1.39. The summed E-state index contributed by atoms with van der Waals surface area (Å²) < 4.78 is 1.89. The van der Waals surface area contributed by atoms with E-state index in [1.165, 1.54) is 4.90 Å². The molecule has 3 heterocycles. The van der Waals surface area contributed by atoms with Gasteiger partial charge in [0, 0.05) is 25.1 Å². The fourth-order valence-electron chi connectivity index (χ4n) is 2.98. The maximum atomic E-state index is 11.9. The molecule has 21 heavy (non-hydrogen) atoms. The molecule has 0 spiro atoms. The summed E-state index contributed by atoms with van der Waals surface area (Å²) in [6, 6.07) is 3.62. The molecular weight excluding hydrogens is 270 g/mol. The number of carbonyl (C=O) groups excluding carboxylic acids is 1. The molecule has 2 aromatic heterocycles. The van der Waals surface area contributed by atoms with Crippen LogP contribution < -0.4 is 0 Å². The molecule has 1 saturated heterocycles. The van der Waals surface area contributed by atoms with E-state index in [2.05, 4.69) is 4.98 Å². The zero-order valence-corrected chi connectivity index (χ0v) is 11.8. The second-order valence-electron chi connectivity index (χ2n) is 5.62. The van der Waals surface area contributed by atoms with E-state index in [-0.39, 0.29) is 6.04 Å². The van der Waals surface area contributed by atoms with Crippen LogP contribution in [-0.2, 0) is 9.59 Å². The average Bonchev–Trinajstić information content (AvgIpc) is 2.93. The van der Waals surface area contributed by atoms with Gasteiger partial charge < -0.3 is 14.4 Å². The molecule has 0 radical (unpaired) electrons. The Kier molecular flexibility index (Phi) is 3.37. The van der Waals surface area contributed by atoms with Gasteiger partial charge in [-0.3, -0.25) is 4.79 Å². The van der Waals surface area contributed by atoms with E-state index in [0.29, 0.717) is 12.5 Å². The van der Waals surface area contributed by atoms with Gasteiger partial charge in [-0.1, -0.05) is 13.0 Å². The summed E-state index contributed by atoms with van der Waals surface area (Å²) >= 11 is 0. The monoisotopic (exact) mass is 287 g/mol. The van der Waals surface area contributed by atoms with Gasteiger partial charge in [0.05, 0.1) is 6.04 Å². The van der Waals surface area contributed by atoms with Crippen molar-refractivity contribution in [1.82, 2.24) is 14.3 Å². The van der Waals surface area contributed by atoms with E-state index < -0.39 is 11.9 Å². The molecule has 2 atom stereocenters. The number of rotatable bonds is 1. The van der Waals surface area contributed by atoms with Crippen molar-refractivity contribution < 1.29 is 14.7 Å². The van der Waals surface area contributed by atoms with Gasteiger partial charge in [0.1, 0.15) is 5.65 Å². The van der Waals surface area contributed by atoms with Gasteiger partial charge in [-0.05, 0) is 30.4 Å². The fraction of sp³-hybridized carbons (Fsp3) is 0.400. The van der Waals surface area contributed by atoms with E-state index in [0.717, 1.165) is 24.1 Å². The fourth-order valence-corrected chi connectivity index (χ4v) is 2.98. The lowest BCUT2D eigenvalue weighted by molar-refractivity contribution is -0.158. The predicted molar refractivity (Wildman–Crippen MR) is 75.7 cm³/mol. The van der Waals surface area contributed by atoms with Gasteiger partial charge in [-0.25, -0.2) is 9.78 Å². The first-order chi connectivity index (χ1) is 10.1. The second kappa shape index (κ2) is 5.20. The van der Waals surface area contributed by atoms with E-state index in [4.69, 9.17) is 5.11 Å². The summed E-state index contributed by atoms with van der Waals surface area (Å²) in [6.45, 7) is 2.52. The quantitative estimate of drug-likeness (QED) is 0.810. The molecule has 6 nitrogen and oxygen atoms in total. The molecule has 1 aliphatic rings. The summed E-state index contributed by atoms with van der Waals surface area (Å²) in [7, 11) is 0. The lowest BCUT2D eigenvalue weighted by Crippen LogP contribution is -2.44. The number of carboxylic acid groups (broad SMARTS) is 1. The molecule has 0 aromatic carbocycles. The number of piperidine rings is 1. The normalized spacial score (nSPS) is 22.4. The first kappa shape index (κ1) is 13.6. The number of hydrogen-bond acceptors (Lipinski definition) is 3. The molecular formula is C15H17N3O3. The Bertz CT molecular complexity index is 694. The number of imidazole rings is 1. The highest BCUT2D eigenvalue weighted by Gasteiger charge is 2.34. The largest absolute Gasteiger partial charge is 0.474 e. The van der Waals surface area contributed by atoms with E-state index in [1.54, 1.807) is 6.20 Å². The Morgan fingerprint density at radius 2 is 2.14 bits per heavy atom. The molecule has 6 heteroatoms. The number of fused-ring (bicyclic) bond motifs is 1. The highest BCUT2D eigenvalue weighted by atomic mass is 16.4. The topological polar surface area (TPSA) is 74.9 Å². The third kappa shape index (κ3) is 2.49. The van der Waals surface area contributed by atoms with Crippen LogP contribution >= 0.6 is 0 Å². The number of nitrogens with zero attached hydrogens (tertiary/aromatic N) is 3. The van der Waals surface area contributed by atoms with Gasteiger partial charge in [0.25, 0.3) is 0 Å². The molecule has 0 bridgehead atoms. The van der Waals surface area contributed by atoms with Crippen LogP contribution in [0, 0.1) is 5.92 Å². The number of hydrogen-bond donors (Lipinski definition) is 1. The van der Waals surface area contributed by atoms with Gasteiger partial charge in [-0.15, -0.1) is 0 Å². The summed E-state index contributed by atoms with van der Waals surface area (Å²) in [5.74, 6) is -1.89.